The lowest BCUT2D eigenvalue weighted by atomic mass is 10.00. The predicted molar refractivity (Wildman–Crippen MR) is 54.6 cm³/mol. The first-order chi connectivity index (χ1) is 6.45. The molecule has 3 nitrogen and oxygen atoms in total. The Balaban J connectivity index is 1.60. The standard InChI is InChI=1S/C10H21N3/c1-3-9(7-11-5-1)8-13-10-4-2-6-12-10/h9-13H,1-8H2. The SMILES string of the molecule is C1CNCC(CNC2CCCN2)C1. The fourth-order valence-corrected chi connectivity index (χ4v) is 2.27. The molecule has 0 aromatic heterocycles. The highest BCUT2D eigenvalue weighted by Crippen LogP contribution is 2.09. The van der Waals surface area contributed by atoms with E-state index in [1.807, 2.05) is 0 Å². The highest BCUT2D eigenvalue weighted by Gasteiger charge is 2.17. The van der Waals surface area contributed by atoms with Crippen LogP contribution in [0.25, 0.3) is 0 Å². The van der Waals surface area contributed by atoms with E-state index < -0.39 is 0 Å². The van der Waals surface area contributed by atoms with Gasteiger partial charge in [-0.25, -0.2) is 0 Å². The molecule has 0 amide bonds. The van der Waals surface area contributed by atoms with Gasteiger partial charge in [-0.2, -0.15) is 0 Å². The Labute approximate surface area is 80.7 Å². The smallest absolute Gasteiger partial charge is 0.0572 e. The van der Waals surface area contributed by atoms with Gasteiger partial charge < -0.3 is 16.0 Å². The fraction of sp³-hybridized carbons (Fsp3) is 1.00. The summed E-state index contributed by atoms with van der Waals surface area (Å²) in [6, 6.07) is 0. The van der Waals surface area contributed by atoms with E-state index in [-0.39, 0.29) is 0 Å². The van der Waals surface area contributed by atoms with Gasteiger partial charge in [0.2, 0.25) is 0 Å². The van der Waals surface area contributed by atoms with E-state index >= 15 is 0 Å². The second-order valence-corrected chi connectivity index (χ2v) is 4.27. The van der Waals surface area contributed by atoms with Crippen molar-refractivity contribution in [2.75, 3.05) is 26.2 Å². The molecule has 2 aliphatic heterocycles. The number of hydrogen-bond acceptors (Lipinski definition) is 3. The highest BCUT2D eigenvalue weighted by molar-refractivity contribution is 4.76. The molecule has 0 bridgehead atoms. The molecule has 0 spiro atoms. The Kier molecular flexibility index (Phi) is 3.58. The van der Waals surface area contributed by atoms with Gasteiger partial charge in [-0.15, -0.1) is 0 Å². The molecule has 0 radical (unpaired) electrons. The van der Waals surface area contributed by atoms with Crippen molar-refractivity contribution >= 4 is 0 Å². The van der Waals surface area contributed by atoms with Gasteiger partial charge in [0.1, 0.15) is 0 Å². The summed E-state index contributed by atoms with van der Waals surface area (Å²) < 4.78 is 0. The van der Waals surface area contributed by atoms with E-state index in [2.05, 4.69) is 16.0 Å². The zero-order chi connectivity index (χ0) is 8.93. The first-order valence-electron chi connectivity index (χ1n) is 5.62. The lowest BCUT2D eigenvalue weighted by molar-refractivity contribution is 0.336. The molecule has 2 atom stereocenters. The van der Waals surface area contributed by atoms with Crippen LogP contribution in [0, 0.1) is 5.92 Å². The van der Waals surface area contributed by atoms with Crippen LogP contribution in [0.1, 0.15) is 25.7 Å². The molecule has 3 N–H and O–H groups in total. The third-order valence-corrected chi connectivity index (χ3v) is 3.11. The van der Waals surface area contributed by atoms with Crippen molar-refractivity contribution in [3.8, 4) is 0 Å². The van der Waals surface area contributed by atoms with Crippen LogP contribution in [0.3, 0.4) is 0 Å². The molecule has 0 aliphatic carbocycles. The van der Waals surface area contributed by atoms with Gasteiger partial charge in [0, 0.05) is 6.54 Å². The molecule has 2 saturated heterocycles. The Morgan fingerprint density at radius 3 is 2.77 bits per heavy atom. The summed E-state index contributed by atoms with van der Waals surface area (Å²) in [5, 5.41) is 10.5. The van der Waals surface area contributed by atoms with Gasteiger partial charge >= 0.3 is 0 Å². The van der Waals surface area contributed by atoms with Crippen LogP contribution in [0.4, 0.5) is 0 Å². The van der Waals surface area contributed by atoms with E-state index in [9.17, 15) is 0 Å². The Bertz CT molecular complexity index is 137. The first-order valence-corrected chi connectivity index (χ1v) is 5.62. The number of rotatable bonds is 3. The molecule has 13 heavy (non-hydrogen) atoms. The Morgan fingerprint density at radius 1 is 1.15 bits per heavy atom. The Morgan fingerprint density at radius 2 is 2.08 bits per heavy atom. The van der Waals surface area contributed by atoms with Crippen molar-refractivity contribution in [2.24, 2.45) is 5.92 Å². The van der Waals surface area contributed by atoms with Gasteiger partial charge in [0.05, 0.1) is 6.17 Å². The second kappa shape index (κ2) is 4.94. The normalized spacial score (nSPS) is 35.1. The topological polar surface area (TPSA) is 36.1 Å². The van der Waals surface area contributed by atoms with E-state index in [1.165, 1.54) is 51.9 Å². The minimum atomic E-state index is 0.599. The first kappa shape index (κ1) is 9.44. The van der Waals surface area contributed by atoms with Crippen molar-refractivity contribution < 1.29 is 0 Å². The number of hydrogen-bond donors (Lipinski definition) is 3. The fourth-order valence-electron chi connectivity index (χ4n) is 2.27. The summed E-state index contributed by atoms with van der Waals surface area (Å²) in [6.45, 7) is 4.81. The van der Waals surface area contributed by atoms with E-state index in [4.69, 9.17) is 0 Å². The molecule has 2 heterocycles. The van der Waals surface area contributed by atoms with Gasteiger partial charge in [0.25, 0.3) is 0 Å². The van der Waals surface area contributed by atoms with Crippen molar-refractivity contribution in [1.29, 1.82) is 0 Å². The molecule has 2 unspecified atom stereocenters. The van der Waals surface area contributed by atoms with Crippen LogP contribution in [0.5, 0.6) is 0 Å². The van der Waals surface area contributed by atoms with Gasteiger partial charge in [-0.05, 0) is 51.2 Å². The van der Waals surface area contributed by atoms with E-state index in [0.29, 0.717) is 6.17 Å². The average Bonchev–Trinajstić information content (AvgIpc) is 2.69. The minimum absolute atomic E-state index is 0.599. The largest absolute Gasteiger partial charge is 0.316 e. The summed E-state index contributed by atoms with van der Waals surface area (Å²) in [5.74, 6) is 0.858. The lowest BCUT2D eigenvalue weighted by Crippen LogP contribution is -2.43. The summed E-state index contributed by atoms with van der Waals surface area (Å²) >= 11 is 0. The van der Waals surface area contributed by atoms with Crippen LogP contribution in [0.15, 0.2) is 0 Å². The zero-order valence-corrected chi connectivity index (χ0v) is 8.31. The van der Waals surface area contributed by atoms with Crippen molar-refractivity contribution in [3.63, 3.8) is 0 Å². The van der Waals surface area contributed by atoms with Crippen LogP contribution >= 0.6 is 0 Å². The minimum Gasteiger partial charge on any atom is -0.316 e. The van der Waals surface area contributed by atoms with Crippen LogP contribution in [0.2, 0.25) is 0 Å². The third-order valence-electron chi connectivity index (χ3n) is 3.11. The highest BCUT2D eigenvalue weighted by atomic mass is 15.1. The molecule has 3 heteroatoms. The summed E-state index contributed by atoms with van der Waals surface area (Å²) in [5.41, 5.74) is 0. The van der Waals surface area contributed by atoms with E-state index in [0.717, 1.165) is 5.92 Å². The van der Waals surface area contributed by atoms with Crippen LogP contribution in [-0.2, 0) is 0 Å². The molecule has 0 aromatic carbocycles. The second-order valence-electron chi connectivity index (χ2n) is 4.27. The predicted octanol–water partition coefficient (Wildman–Crippen LogP) is 0.285. The third kappa shape index (κ3) is 2.93. The van der Waals surface area contributed by atoms with Crippen molar-refractivity contribution in [1.82, 2.24) is 16.0 Å². The van der Waals surface area contributed by atoms with Crippen molar-refractivity contribution in [3.05, 3.63) is 0 Å². The maximum atomic E-state index is 3.60. The Hall–Kier alpha value is -0.120. The molecular weight excluding hydrogens is 162 g/mol. The van der Waals surface area contributed by atoms with Crippen LogP contribution in [-0.4, -0.2) is 32.3 Å². The molecule has 2 aliphatic rings. The maximum absolute atomic E-state index is 3.60. The van der Waals surface area contributed by atoms with E-state index in [1.54, 1.807) is 0 Å². The average molecular weight is 183 g/mol. The monoisotopic (exact) mass is 183 g/mol. The number of piperidine rings is 1. The molecule has 0 saturated carbocycles. The summed E-state index contributed by atoms with van der Waals surface area (Å²) in [4.78, 5) is 0. The molecule has 2 rings (SSSR count). The maximum Gasteiger partial charge on any atom is 0.0572 e. The van der Waals surface area contributed by atoms with Crippen molar-refractivity contribution in [2.45, 2.75) is 31.8 Å². The number of nitrogens with one attached hydrogen (secondary N) is 3. The van der Waals surface area contributed by atoms with Crippen LogP contribution < -0.4 is 16.0 Å². The molecule has 2 fully saturated rings. The zero-order valence-electron chi connectivity index (χ0n) is 8.31. The lowest BCUT2D eigenvalue weighted by Gasteiger charge is -2.24. The molecule has 0 aromatic rings. The quantitative estimate of drug-likeness (QED) is 0.588. The summed E-state index contributed by atoms with van der Waals surface area (Å²) in [7, 11) is 0. The van der Waals surface area contributed by atoms with Gasteiger partial charge in [-0.1, -0.05) is 0 Å². The van der Waals surface area contributed by atoms with Gasteiger partial charge in [0.15, 0.2) is 0 Å². The molecular formula is C10H21N3. The summed E-state index contributed by atoms with van der Waals surface area (Å²) in [6.07, 6.45) is 5.99. The molecule has 76 valence electrons. The van der Waals surface area contributed by atoms with Gasteiger partial charge in [-0.3, -0.25) is 0 Å².